The number of hydrogen-bond acceptors (Lipinski definition) is 25. The van der Waals surface area contributed by atoms with E-state index < -0.39 is 96.9 Å². The second-order valence-electron chi connectivity index (χ2n) is 27.6. The monoisotopic (exact) mass is 1640 g/mol. The molecule has 0 N–H and O–H groups in total. The topological polar surface area (TPSA) is 261 Å². The first kappa shape index (κ1) is 93.5. The number of hydrogen-bond donors (Lipinski definition) is 0. The number of nitrogens with zero attached hydrogens (tertiary/aromatic N) is 1. The maximum Gasteiger partial charge on any atom is 0.530 e. The molecule has 3 saturated heterocycles. The summed E-state index contributed by atoms with van der Waals surface area (Å²) < 4.78 is 174. The molecule has 0 spiro atoms. The molecule has 2 unspecified atom stereocenters. The van der Waals surface area contributed by atoms with E-state index in [0.29, 0.717) is 90.4 Å². The number of rotatable bonds is 61. The van der Waals surface area contributed by atoms with Crippen LogP contribution in [0.15, 0.2) is 146 Å². The van der Waals surface area contributed by atoms with E-state index in [4.69, 9.17) is 115 Å². The molecule has 5 aromatic rings. The van der Waals surface area contributed by atoms with Gasteiger partial charge in [0.25, 0.3) is 0 Å². The lowest BCUT2D eigenvalue weighted by atomic mass is 9.98. The van der Waals surface area contributed by atoms with Crippen LogP contribution < -0.4 is 14.0 Å². The number of para-hydroxylation sites is 3. The van der Waals surface area contributed by atoms with Crippen molar-refractivity contribution < 1.29 is 112 Å². The summed E-state index contributed by atoms with van der Waals surface area (Å²) in [6.45, 7) is 7.99. The highest BCUT2D eigenvalue weighted by atomic mass is 35.5. The van der Waals surface area contributed by atoms with Crippen molar-refractivity contribution in [3.8, 4) is 23.3 Å². The summed E-state index contributed by atoms with van der Waals surface area (Å²) in [5, 5.41) is 10.0. The Morgan fingerprint density at radius 3 is 1.13 bits per heavy atom. The van der Waals surface area contributed by atoms with Crippen molar-refractivity contribution in [2.24, 2.45) is 0 Å². The molecule has 3 fully saturated rings. The third kappa shape index (κ3) is 37.6. The molecule has 0 saturated carbocycles. The molecule has 630 valence electrons. The van der Waals surface area contributed by atoms with Gasteiger partial charge in [-0.15, -0.1) is 0 Å². The molecule has 3 aliphatic rings. The van der Waals surface area contributed by atoms with Gasteiger partial charge in [-0.2, -0.15) is 5.26 Å². The van der Waals surface area contributed by atoms with E-state index in [1.54, 1.807) is 54.6 Å². The van der Waals surface area contributed by atoms with E-state index in [9.17, 15) is 5.26 Å². The van der Waals surface area contributed by atoms with Gasteiger partial charge in [0.2, 0.25) is 12.6 Å². The zero-order valence-electron chi connectivity index (χ0n) is 66.3. The van der Waals surface area contributed by atoms with E-state index in [0.717, 1.165) is 56.1 Å². The molecule has 0 bridgehead atoms. The fraction of sp³-hybridized carbons (Fsp3) is 0.635. The largest absolute Gasteiger partial charge is 0.530 e. The van der Waals surface area contributed by atoms with Crippen LogP contribution >= 0.6 is 27.2 Å². The molecule has 5 aromatic carbocycles. The van der Waals surface area contributed by atoms with Crippen LogP contribution in [0.25, 0.3) is 0 Å². The highest BCUT2D eigenvalue weighted by molar-refractivity contribution is 7.49. The number of benzene rings is 5. The van der Waals surface area contributed by atoms with Gasteiger partial charge in [0.1, 0.15) is 66.1 Å². The lowest BCUT2D eigenvalue weighted by molar-refractivity contribution is -0.300. The van der Waals surface area contributed by atoms with E-state index in [1.165, 1.54) is 63.9 Å². The van der Waals surface area contributed by atoms with Gasteiger partial charge in [0.15, 0.2) is 0 Å². The minimum Gasteiger partial charge on any atom is -0.462 e. The molecule has 0 amide bonds. The Morgan fingerprint density at radius 1 is 0.381 bits per heavy atom. The van der Waals surface area contributed by atoms with Gasteiger partial charge in [0, 0.05) is 13.2 Å². The fourth-order valence-electron chi connectivity index (χ4n) is 12.7. The Bertz CT molecular complexity index is 3330. The minimum atomic E-state index is -5.13. The normalized spacial score (nSPS) is 23.3. The summed E-state index contributed by atoms with van der Waals surface area (Å²) in [6, 6.07) is 46.4. The maximum absolute atomic E-state index is 16.5. The van der Waals surface area contributed by atoms with Crippen molar-refractivity contribution in [1.82, 2.24) is 0 Å². The molecule has 113 heavy (non-hydrogen) atoms. The van der Waals surface area contributed by atoms with Crippen LogP contribution in [0.2, 0.25) is 5.02 Å². The molecule has 0 aliphatic carbocycles. The molecule has 3 heterocycles. The zero-order chi connectivity index (χ0) is 79.2. The Kier molecular flexibility index (Phi) is 47.9. The van der Waals surface area contributed by atoms with Gasteiger partial charge in [-0.05, 0) is 60.4 Å². The first-order valence-corrected chi connectivity index (χ1v) is 44.2. The number of phosphoric acid groups is 2. The number of fused-ring (bicyclic) bond motifs is 2. The Balaban J connectivity index is 1.06. The smallest absolute Gasteiger partial charge is 0.462 e. The summed E-state index contributed by atoms with van der Waals surface area (Å²) in [7, 11) is -10.1. The van der Waals surface area contributed by atoms with Gasteiger partial charge in [-0.1, -0.05) is 237 Å². The minimum absolute atomic E-state index is 0.00984. The summed E-state index contributed by atoms with van der Waals surface area (Å²) >= 11 is 6.88. The quantitative estimate of drug-likeness (QED) is 0.0259. The highest BCUT2D eigenvalue weighted by Crippen LogP contribution is 2.58. The van der Waals surface area contributed by atoms with Crippen molar-refractivity contribution in [2.75, 3.05) is 139 Å². The highest BCUT2D eigenvalue weighted by Gasteiger charge is 2.57. The van der Waals surface area contributed by atoms with Crippen molar-refractivity contribution in [1.29, 1.82) is 5.26 Å². The zero-order valence-corrected chi connectivity index (χ0v) is 68.9. The maximum atomic E-state index is 16.5. The van der Waals surface area contributed by atoms with Crippen LogP contribution in [0.3, 0.4) is 0 Å². The molecule has 12 atom stereocenters. The number of ether oxygens (including phenoxy) is 16. The van der Waals surface area contributed by atoms with E-state index in [2.05, 4.69) is 19.9 Å². The van der Waals surface area contributed by atoms with E-state index in [-0.39, 0.29) is 83.3 Å². The SMILES string of the molecule is CCCCCCCCCCCO[C@@H]1[C@@H](OCCCCCCCCCCC)[C@H](Oc2ccccc2)O[C@@H]2COP(=O)(Oc3ccccc3Cl)O[C@H]3[C@H](OCCOCCOCCOCCOCc4ccccc4)[C@@H](OCCOCCOCCOCCOCc4ccccc4)[C@H](Oc4ccccc4)O[C@@H]3COP(=O)(OCCC#N)O[C@@H]12. The lowest BCUT2D eigenvalue weighted by Crippen LogP contribution is -2.63. The predicted molar refractivity (Wildman–Crippen MR) is 427 cm³/mol. The van der Waals surface area contributed by atoms with E-state index >= 15 is 9.13 Å². The first-order chi connectivity index (χ1) is 55.7. The summed E-state index contributed by atoms with van der Waals surface area (Å²) in [6.07, 6.45) is 5.76. The van der Waals surface area contributed by atoms with Gasteiger partial charge in [-0.3, -0.25) is 22.6 Å². The molecule has 0 radical (unpaired) electrons. The third-order valence-corrected chi connectivity index (χ3v) is 21.8. The van der Waals surface area contributed by atoms with E-state index in [1.807, 2.05) is 84.9 Å². The van der Waals surface area contributed by atoms with Gasteiger partial charge >= 0.3 is 15.6 Å². The first-order valence-electron chi connectivity index (χ1n) is 40.9. The Labute approximate surface area is 675 Å². The van der Waals surface area contributed by atoms with Crippen LogP contribution in [0.1, 0.15) is 147 Å². The summed E-state index contributed by atoms with van der Waals surface area (Å²) in [5.74, 6) is 0.742. The molecule has 3 aliphatic heterocycles. The van der Waals surface area contributed by atoms with Gasteiger partial charge < -0.3 is 80.3 Å². The van der Waals surface area contributed by atoms with Crippen molar-refractivity contribution in [3.05, 3.63) is 162 Å². The van der Waals surface area contributed by atoms with Crippen LogP contribution in [-0.4, -0.2) is 200 Å². The summed E-state index contributed by atoms with van der Waals surface area (Å²) in [5.41, 5.74) is 2.17. The average Bonchev–Trinajstić information content (AvgIpc) is 0.765. The molecule has 0 aromatic heterocycles. The van der Waals surface area contributed by atoms with Crippen molar-refractivity contribution in [3.63, 3.8) is 0 Å². The van der Waals surface area contributed by atoms with Crippen LogP contribution in [0.5, 0.6) is 17.2 Å². The molecule has 25 nitrogen and oxygen atoms in total. The average molecular weight is 1640 g/mol. The predicted octanol–water partition coefficient (Wildman–Crippen LogP) is 17.4. The fourth-order valence-corrected chi connectivity index (χ4v) is 15.8. The van der Waals surface area contributed by atoms with Gasteiger partial charge in [0.05, 0.1) is 156 Å². The lowest BCUT2D eigenvalue weighted by Gasteiger charge is -2.47. The number of unbranched alkanes of at least 4 members (excludes halogenated alkanes) is 16. The second-order valence-corrected chi connectivity index (χ2v) is 31.2. The van der Waals surface area contributed by atoms with Crippen molar-refractivity contribution >= 4 is 27.2 Å². The molecule has 28 heteroatoms. The number of halogens is 1. The Morgan fingerprint density at radius 2 is 0.717 bits per heavy atom. The molecular formula is C85H124ClNO24P2. The van der Waals surface area contributed by atoms with Crippen molar-refractivity contribution in [2.45, 2.75) is 210 Å². The van der Waals surface area contributed by atoms with Crippen LogP contribution in [-0.2, 0) is 111 Å². The second kappa shape index (κ2) is 58.0. The Hall–Kier alpha value is -5.02. The number of nitriles is 1. The molecular weight excluding hydrogens is 1520 g/mol. The summed E-state index contributed by atoms with van der Waals surface area (Å²) in [4.78, 5) is 0. The third-order valence-electron chi connectivity index (χ3n) is 18.6. The van der Waals surface area contributed by atoms with Gasteiger partial charge in [-0.25, -0.2) is 9.13 Å². The van der Waals surface area contributed by atoms with Crippen LogP contribution in [0.4, 0.5) is 0 Å². The molecule has 8 rings (SSSR count). The van der Waals surface area contributed by atoms with Crippen LogP contribution in [0, 0.1) is 11.3 Å². The standard InChI is InChI=1S/C85H124ClNO24P2/c1-3-5-7-9-11-13-15-17-33-47-98-80-78-77(108-84(105-72-40-27-21-28-41-72)82(80)99-48-34-18-16-14-12-10-8-6-4-2)69-104-113(89,109-75-45-32-31-44-74(75)86)111-79-76(68-103-112(88,110-78)102-49-35-46-87)107-85(106-73-42-29-22-30-43-73)83(101-65-63-95-57-55-91-51-53-93-59-61-97-67-71-38-25-20-26-39-71)81(79)100-64-62-94-56-54-90-50-52-92-58-60-96-66-70-36-23-19-24-37-70/h19-32,36-45,76-85H,3-18,33-35,47-69H2,1-2H3/t76-,77-,78-,79-,80+,81+,82-,83-,84-,85-,112?,113?/m1/s1. The number of phosphoric ester groups is 2.